The van der Waals surface area contributed by atoms with Crippen molar-refractivity contribution >= 4 is 34.9 Å². The summed E-state index contributed by atoms with van der Waals surface area (Å²) in [5.74, 6) is 0. The van der Waals surface area contributed by atoms with E-state index in [-0.39, 0.29) is 0 Å². The van der Waals surface area contributed by atoms with E-state index < -0.39 is 0 Å². The lowest BCUT2D eigenvalue weighted by atomic mass is 9.94. The van der Waals surface area contributed by atoms with E-state index in [2.05, 4.69) is 195 Å². The molecule has 0 fully saturated rings. The zero-order valence-corrected chi connectivity index (χ0v) is 30.4. The molecule has 0 radical (unpaired) electrons. The van der Waals surface area contributed by atoms with Gasteiger partial charge in [-0.3, -0.25) is 0 Å². The van der Waals surface area contributed by atoms with Gasteiger partial charge < -0.3 is 9.80 Å². The van der Waals surface area contributed by atoms with E-state index in [1.165, 1.54) is 87.1 Å². The van der Waals surface area contributed by atoms with Crippen molar-refractivity contribution in [2.75, 3.05) is 9.80 Å². The molecule has 4 heteroatoms. The summed E-state index contributed by atoms with van der Waals surface area (Å²) in [5, 5.41) is 2.45. The number of thioether (sulfide) groups is 2. The fraction of sp³-hybridized carbons (Fsp3) is 0.0870. The fourth-order valence-electron chi connectivity index (χ4n) is 6.94. The molecule has 0 saturated carbocycles. The standard InChI is InChI=1S/C46H38N2S2/c1-31-33(3)49-45(47(31)43-39(35-19-9-5-10-20-35)27-17-28-40(43)36-21-11-6-12-22-36)46-48(32(2)34(4)50-46)44-41(37-23-13-7-14-24-37)29-18-30-42(44)38-25-15-8-16-26-38/h5-30H,1-4H3/b46-45+. The van der Waals surface area contributed by atoms with Crippen molar-refractivity contribution in [2.45, 2.75) is 27.7 Å². The van der Waals surface area contributed by atoms with E-state index in [1.807, 2.05) is 23.5 Å². The van der Waals surface area contributed by atoms with Crippen LogP contribution in [0.1, 0.15) is 27.7 Å². The zero-order chi connectivity index (χ0) is 34.2. The first-order chi connectivity index (χ1) is 24.5. The van der Waals surface area contributed by atoms with Crippen molar-refractivity contribution < 1.29 is 0 Å². The van der Waals surface area contributed by atoms with Gasteiger partial charge in [-0.1, -0.05) is 181 Å². The second-order valence-electron chi connectivity index (χ2n) is 12.6. The zero-order valence-electron chi connectivity index (χ0n) is 28.7. The number of hydrogen-bond donors (Lipinski definition) is 0. The summed E-state index contributed by atoms with van der Waals surface area (Å²) in [6.07, 6.45) is 0. The first-order valence-electron chi connectivity index (χ1n) is 17.0. The van der Waals surface area contributed by atoms with E-state index in [4.69, 9.17) is 0 Å². The lowest BCUT2D eigenvalue weighted by molar-refractivity contribution is 1.09. The van der Waals surface area contributed by atoms with Crippen molar-refractivity contribution in [3.63, 3.8) is 0 Å². The third kappa shape index (κ3) is 5.69. The van der Waals surface area contributed by atoms with E-state index >= 15 is 0 Å². The van der Waals surface area contributed by atoms with Gasteiger partial charge >= 0.3 is 0 Å². The fourth-order valence-corrected chi connectivity index (χ4v) is 9.24. The van der Waals surface area contributed by atoms with Crippen molar-refractivity contribution in [3.8, 4) is 44.5 Å². The van der Waals surface area contributed by atoms with Crippen molar-refractivity contribution in [2.24, 2.45) is 0 Å². The second-order valence-corrected chi connectivity index (χ2v) is 15.0. The molecule has 0 spiro atoms. The molecule has 0 aliphatic carbocycles. The van der Waals surface area contributed by atoms with Crippen LogP contribution in [0.25, 0.3) is 44.5 Å². The predicted molar refractivity (Wildman–Crippen MR) is 219 cm³/mol. The number of rotatable bonds is 6. The van der Waals surface area contributed by atoms with Crippen LogP contribution in [0.5, 0.6) is 0 Å². The van der Waals surface area contributed by atoms with Gasteiger partial charge in [-0.25, -0.2) is 0 Å². The summed E-state index contributed by atoms with van der Waals surface area (Å²) in [4.78, 5) is 7.69. The van der Waals surface area contributed by atoms with Crippen molar-refractivity contribution in [1.82, 2.24) is 0 Å². The SMILES string of the molecule is CC1=C(C)N(c2c(-c3ccccc3)cccc2-c2ccccc2)/C(=C2\SC(C)=C(C)N2c2c(-c3ccccc3)cccc2-c2ccccc2)S1. The van der Waals surface area contributed by atoms with Gasteiger partial charge in [0.2, 0.25) is 0 Å². The smallest absolute Gasteiger partial charge is 0.116 e. The molecule has 6 aromatic rings. The van der Waals surface area contributed by atoms with Crippen LogP contribution in [-0.2, 0) is 0 Å². The Bertz CT molecular complexity index is 2010. The van der Waals surface area contributed by atoms with E-state index in [0.717, 1.165) is 0 Å². The van der Waals surface area contributed by atoms with Crippen LogP contribution in [0.2, 0.25) is 0 Å². The number of allylic oxidation sites excluding steroid dienone is 4. The number of hydrogen-bond acceptors (Lipinski definition) is 4. The first-order valence-corrected chi connectivity index (χ1v) is 18.7. The Morgan fingerprint density at radius 2 is 0.580 bits per heavy atom. The number of benzene rings is 6. The molecule has 0 N–H and O–H groups in total. The van der Waals surface area contributed by atoms with Crippen LogP contribution in [0.3, 0.4) is 0 Å². The molecule has 0 saturated heterocycles. The van der Waals surface area contributed by atoms with Gasteiger partial charge in [0.1, 0.15) is 10.1 Å². The number of para-hydroxylation sites is 2. The molecule has 50 heavy (non-hydrogen) atoms. The Morgan fingerprint density at radius 3 is 0.840 bits per heavy atom. The lowest BCUT2D eigenvalue weighted by Crippen LogP contribution is -2.24. The molecule has 2 heterocycles. The third-order valence-corrected chi connectivity index (χ3v) is 12.1. The van der Waals surface area contributed by atoms with Crippen LogP contribution in [0, 0.1) is 0 Å². The molecular weight excluding hydrogens is 645 g/mol. The quantitative estimate of drug-likeness (QED) is 0.172. The average molecular weight is 683 g/mol. The topological polar surface area (TPSA) is 6.48 Å². The summed E-state index contributed by atoms with van der Waals surface area (Å²) in [6, 6.07) is 56.8. The molecule has 0 unspecified atom stereocenters. The molecule has 6 aromatic carbocycles. The summed E-state index contributed by atoms with van der Waals surface area (Å²) in [6.45, 7) is 9.07. The minimum absolute atomic E-state index is 1.20. The highest BCUT2D eigenvalue weighted by molar-refractivity contribution is 8.10. The number of anilines is 2. The maximum Gasteiger partial charge on any atom is 0.116 e. The van der Waals surface area contributed by atoms with Gasteiger partial charge in [0.15, 0.2) is 0 Å². The Kier molecular flexibility index (Phi) is 8.74. The van der Waals surface area contributed by atoms with Crippen molar-refractivity contribution in [3.05, 3.63) is 189 Å². The van der Waals surface area contributed by atoms with Gasteiger partial charge in [-0.15, -0.1) is 0 Å². The van der Waals surface area contributed by atoms with Gasteiger partial charge in [0, 0.05) is 43.5 Å². The largest absolute Gasteiger partial charge is 0.304 e. The van der Waals surface area contributed by atoms with Gasteiger partial charge in [-0.05, 0) is 49.9 Å². The van der Waals surface area contributed by atoms with Crippen LogP contribution in [0.4, 0.5) is 11.4 Å². The Labute approximate surface area is 304 Å². The van der Waals surface area contributed by atoms with Crippen molar-refractivity contribution in [1.29, 1.82) is 0 Å². The maximum atomic E-state index is 2.54. The summed E-state index contributed by atoms with van der Waals surface area (Å²) < 4.78 is 0. The minimum Gasteiger partial charge on any atom is -0.304 e. The molecule has 2 aliphatic heterocycles. The van der Waals surface area contributed by atoms with E-state index in [1.54, 1.807) is 0 Å². The molecule has 244 valence electrons. The van der Waals surface area contributed by atoms with Crippen LogP contribution in [-0.4, -0.2) is 0 Å². The highest BCUT2D eigenvalue weighted by Crippen LogP contribution is 2.57. The lowest BCUT2D eigenvalue weighted by Gasteiger charge is -2.33. The van der Waals surface area contributed by atoms with Gasteiger partial charge in [-0.2, -0.15) is 0 Å². The number of nitrogens with zero attached hydrogens (tertiary/aromatic N) is 2. The Balaban J connectivity index is 1.42. The highest BCUT2D eigenvalue weighted by atomic mass is 32.2. The van der Waals surface area contributed by atoms with E-state index in [9.17, 15) is 0 Å². The molecule has 8 rings (SSSR count). The third-order valence-electron chi connectivity index (χ3n) is 9.64. The molecule has 0 aromatic heterocycles. The normalized spacial score (nSPS) is 16.2. The molecule has 0 atom stereocenters. The molecule has 2 aliphatic rings. The summed E-state index contributed by atoms with van der Waals surface area (Å²) in [7, 11) is 0. The second kappa shape index (κ2) is 13.6. The summed E-state index contributed by atoms with van der Waals surface area (Å²) in [5.41, 5.74) is 14.6. The minimum atomic E-state index is 1.20. The van der Waals surface area contributed by atoms with Crippen LogP contribution < -0.4 is 9.80 Å². The van der Waals surface area contributed by atoms with Crippen LogP contribution >= 0.6 is 23.5 Å². The first kappa shape index (κ1) is 32.1. The van der Waals surface area contributed by atoms with Gasteiger partial charge in [0.25, 0.3) is 0 Å². The molecule has 2 nitrogen and oxygen atoms in total. The maximum absolute atomic E-state index is 2.54. The molecule has 0 amide bonds. The predicted octanol–water partition coefficient (Wildman–Crippen LogP) is 13.8. The summed E-state index contributed by atoms with van der Waals surface area (Å²) >= 11 is 3.77. The Hall–Kier alpha value is -5.16. The Morgan fingerprint density at radius 1 is 0.320 bits per heavy atom. The molecular formula is C46H38N2S2. The monoisotopic (exact) mass is 682 g/mol. The average Bonchev–Trinajstić information content (AvgIpc) is 3.64. The highest BCUT2D eigenvalue weighted by Gasteiger charge is 2.38. The molecule has 0 bridgehead atoms. The van der Waals surface area contributed by atoms with Crippen LogP contribution in [0.15, 0.2) is 189 Å². The van der Waals surface area contributed by atoms with E-state index in [0.29, 0.717) is 0 Å². The van der Waals surface area contributed by atoms with Gasteiger partial charge in [0.05, 0.1) is 11.4 Å².